The van der Waals surface area contributed by atoms with E-state index in [-0.39, 0.29) is 0 Å². The van der Waals surface area contributed by atoms with Crippen LogP contribution in [0.3, 0.4) is 0 Å². The third-order valence-electron chi connectivity index (χ3n) is 4.77. The summed E-state index contributed by atoms with van der Waals surface area (Å²) in [6.07, 6.45) is 5.18. The molecule has 0 spiro atoms. The number of carbonyl (C=O) groups is 1. The van der Waals surface area contributed by atoms with Gasteiger partial charge >= 0.3 is 0 Å². The smallest absolute Gasteiger partial charge is 0.293 e. The molecule has 1 aromatic carbocycles. The van der Waals surface area contributed by atoms with Gasteiger partial charge in [-0.2, -0.15) is 4.98 Å². The lowest BCUT2D eigenvalue weighted by Gasteiger charge is -2.28. The number of amides is 1. The van der Waals surface area contributed by atoms with Gasteiger partial charge in [0.1, 0.15) is 5.58 Å². The average molecular weight is 373 g/mol. The molecular weight excluding hydrogens is 354 g/mol. The summed E-state index contributed by atoms with van der Waals surface area (Å²) in [6, 6.07) is 7.26. The number of furan rings is 1. The number of benzene rings is 1. The summed E-state index contributed by atoms with van der Waals surface area (Å²) in [6.45, 7) is 1.56. The molecule has 26 heavy (non-hydrogen) atoms. The molecule has 3 heterocycles. The number of nitrogens with zero attached hydrogens (tertiary/aromatic N) is 3. The van der Waals surface area contributed by atoms with Gasteiger partial charge in [-0.15, -0.1) is 0 Å². The van der Waals surface area contributed by atoms with Gasteiger partial charge in [-0.3, -0.25) is 9.00 Å². The van der Waals surface area contributed by atoms with E-state index in [1.165, 1.54) is 0 Å². The second-order valence-electron chi connectivity index (χ2n) is 6.57. The molecule has 136 valence electrons. The van der Waals surface area contributed by atoms with Gasteiger partial charge in [-0.25, -0.2) is 0 Å². The van der Waals surface area contributed by atoms with Crippen LogP contribution in [0.4, 0.5) is 0 Å². The minimum atomic E-state index is -1.04. The maximum absolute atomic E-state index is 11.6. The molecular formula is C18H19N3O4S. The van der Waals surface area contributed by atoms with Crippen molar-refractivity contribution in [3.05, 3.63) is 30.1 Å². The van der Waals surface area contributed by atoms with Crippen molar-refractivity contribution >= 4 is 28.2 Å². The van der Waals surface area contributed by atoms with Crippen molar-refractivity contribution in [1.29, 1.82) is 0 Å². The molecule has 1 amide bonds. The highest BCUT2D eigenvalue weighted by atomic mass is 32.2. The standard InChI is InChI=1S/C18H19N3O4S/c1-26(23)14-2-3-15-13(9-14)10-16(24-15)18-19-17(20-25-18)8-12-4-6-21(11-22)7-5-12/h2-3,9-12H,4-8H2,1H3. The first-order chi connectivity index (χ1) is 12.6. The van der Waals surface area contributed by atoms with Crippen LogP contribution in [-0.2, 0) is 22.0 Å². The Labute approximate surface area is 152 Å². The molecule has 7 nitrogen and oxygen atoms in total. The predicted octanol–water partition coefficient (Wildman–Crippen LogP) is 2.63. The monoisotopic (exact) mass is 373 g/mol. The summed E-state index contributed by atoms with van der Waals surface area (Å²) in [4.78, 5) is 17.8. The third-order valence-corrected chi connectivity index (χ3v) is 5.69. The molecule has 4 rings (SSSR count). The molecule has 2 aromatic heterocycles. The minimum Gasteiger partial charge on any atom is -0.451 e. The van der Waals surface area contributed by atoms with E-state index >= 15 is 0 Å². The summed E-state index contributed by atoms with van der Waals surface area (Å²) in [7, 11) is -1.04. The quantitative estimate of drug-likeness (QED) is 0.639. The summed E-state index contributed by atoms with van der Waals surface area (Å²) >= 11 is 0. The van der Waals surface area contributed by atoms with Crippen LogP contribution in [-0.4, -0.2) is 45.0 Å². The van der Waals surface area contributed by atoms with Gasteiger partial charge in [0.05, 0.1) is 0 Å². The van der Waals surface area contributed by atoms with Crippen molar-refractivity contribution in [2.24, 2.45) is 5.92 Å². The molecule has 0 saturated carbocycles. The Morgan fingerprint density at radius 1 is 1.31 bits per heavy atom. The Hall–Kier alpha value is -2.48. The first-order valence-corrected chi connectivity index (χ1v) is 10.1. The first-order valence-electron chi connectivity index (χ1n) is 8.51. The second kappa shape index (κ2) is 7.03. The van der Waals surface area contributed by atoms with Crippen LogP contribution in [0.2, 0.25) is 0 Å². The van der Waals surface area contributed by atoms with E-state index in [9.17, 15) is 9.00 Å². The summed E-state index contributed by atoms with van der Waals surface area (Å²) < 4.78 is 22.8. The zero-order chi connectivity index (χ0) is 18.1. The van der Waals surface area contributed by atoms with Crippen molar-refractivity contribution in [3.63, 3.8) is 0 Å². The molecule has 8 heteroatoms. The lowest BCUT2D eigenvalue weighted by atomic mass is 9.93. The van der Waals surface area contributed by atoms with Gasteiger partial charge in [0.2, 0.25) is 6.41 Å². The van der Waals surface area contributed by atoms with Gasteiger partial charge in [-0.1, -0.05) is 5.16 Å². The Balaban J connectivity index is 1.50. The lowest BCUT2D eigenvalue weighted by Crippen LogP contribution is -2.33. The van der Waals surface area contributed by atoms with Crippen molar-refractivity contribution in [3.8, 4) is 11.7 Å². The molecule has 1 atom stereocenters. The fraction of sp³-hybridized carbons (Fsp3) is 0.389. The zero-order valence-electron chi connectivity index (χ0n) is 14.4. The van der Waals surface area contributed by atoms with Crippen LogP contribution in [0.15, 0.2) is 38.1 Å². The van der Waals surface area contributed by atoms with Crippen molar-refractivity contribution in [1.82, 2.24) is 15.0 Å². The van der Waals surface area contributed by atoms with Gasteiger partial charge in [0.25, 0.3) is 5.89 Å². The topological polar surface area (TPSA) is 89.4 Å². The van der Waals surface area contributed by atoms with Crippen molar-refractivity contribution in [2.75, 3.05) is 19.3 Å². The predicted molar refractivity (Wildman–Crippen MR) is 95.9 cm³/mol. The largest absolute Gasteiger partial charge is 0.451 e. The number of carbonyl (C=O) groups excluding carboxylic acids is 1. The number of fused-ring (bicyclic) bond motifs is 1. The summed E-state index contributed by atoms with van der Waals surface area (Å²) in [5.74, 6) is 1.96. The van der Waals surface area contributed by atoms with Crippen LogP contribution in [0.5, 0.6) is 0 Å². The van der Waals surface area contributed by atoms with E-state index in [0.29, 0.717) is 29.0 Å². The number of hydrogen-bond donors (Lipinski definition) is 0. The van der Waals surface area contributed by atoms with E-state index in [0.717, 1.165) is 49.0 Å². The molecule has 1 aliphatic heterocycles. The molecule has 1 saturated heterocycles. The zero-order valence-corrected chi connectivity index (χ0v) is 15.2. The number of rotatable bonds is 5. The Morgan fingerprint density at radius 2 is 2.12 bits per heavy atom. The maximum atomic E-state index is 11.6. The normalized spacial score (nSPS) is 16.9. The van der Waals surface area contributed by atoms with Crippen LogP contribution < -0.4 is 0 Å². The molecule has 0 aliphatic carbocycles. The molecule has 3 aromatic rings. The van der Waals surface area contributed by atoms with E-state index < -0.39 is 10.8 Å². The van der Waals surface area contributed by atoms with E-state index in [1.807, 2.05) is 12.1 Å². The van der Waals surface area contributed by atoms with Crippen LogP contribution in [0, 0.1) is 5.92 Å². The molecule has 1 unspecified atom stereocenters. The fourth-order valence-corrected chi connectivity index (χ4v) is 3.82. The second-order valence-corrected chi connectivity index (χ2v) is 7.95. The van der Waals surface area contributed by atoms with E-state index in [2.05, 4.69) is 10.1 Å². The Morgan fingerprint density at radius 3 is 2.85 bits per heavy atom. The number of aromatic nitrogens is 2. The van der Waals surface area contributed by atoms with Crippen molar-refractivity contribution in [2.45, 2.75) is 24.2 Å². The summed E-state index contributed by atoms with van der Waals surface area (Å²) in [5.41, 5.74) is 0.690. The highest BCUT2D eigenvalue weighted by Crippen LogP contribution is 2.29. The van der Waals surface area contributed by atoms with Crippen LogP contribution in [0.25, 0.3) is 22.6 Å². The molecule has 1 aliphatic rings. The highest BCUT2D eigenvalue weighted by molar-refractivity contribution is 7.84. The average Bonchev–Trinajstić information content (AvgIpc) is 3.28. The van der Waals surface area contributed by atoms with Gasteiger partial charge < -0.3 is 13.8 Å². The number of piperidine rings is 1. The summed E-state index contributed by atoms with van der Waals surface area (Å²) in [5, 5.41) is 4.92. The molecule has 1 fully saturated rings. The lowest BCUT2D eigenvalue weighted by molar-refractivity contribution is -0.119. The molecule has 0 bridgehead atoms. The minimum absolute atomic E-state index is 0.348. The molecule has 0 N–H and O–H groups in total. The highest BCUT2D eigenvalue weighted by Gasteiger charge is 2.21. The Kier molecular flexibility index (Phi) is 4.58. The number of likely N-dealkylation sites (tertiary alicyclic amines) is 1. The van der Waals surface area contributed by atoms with Crippen LogP contribution in [0.1, 0.15) is 18.7 Å². The number of hydrogen-bond acceptors (Lipinski definition) is 6. The van der Waals surface area contributed by atoms with E-state index in [1.54, 1.807) is 23.3 Å². The van der Waals surface area contributed by atoms with E-state index in [4.69, 9.17) is 8.94 Å². The van der Waals surface area contributed by atoms with Crippen LogP contribution >= 0.6 is 0 Å². The maximum Gasteiger partial charge on any atom is 0.293 e. The van der Waals surface area contributed by atoms with Crippen molar-refractivity contribution < 1.29 is 17.9 Å². The van der Waals surface area contributed by atoms with Gasteiger partial charge in [-0.05, 0) is 43.0 Å². The van der Waals surface area contributed by atoms with Gasteiger partial charge in [0.15, 0.2) is 11.6 Å². The molecule has 0 radical (unpaired) electrons. The Bertz CT molecular complexity index is 956. The fourth-order valence-electron chi connectivity index (χ4n) is 3.26. The SMILES string of the molecule is CS(=O)c1ccc2oc(-c3nc(CC4CCN(C=O)CC4)no3)cc2c1. The van der Waals surface area contributed by atoms with Gasteiger partial charge in [0, 0.05) is 46.8 Å². The third kappa shape index (κ3) is 3.41. The first kappa shape index (κ1) is 17.0.